The second kappa shape index (κ2) is 6.04. The Balaban J connectivity index is 2.34. The van der Waals surface area contributed by atoms with Gasteiger partial charge in [-0.1, -0.05) is 0 Å². The van der Waals surface area contributed by atoms with Crippen molar-refractivity contribution in [2.45, 2.75) is 24.8 Å². The summed E-state index contributed by atoms with van der Waals surface area (Å²) in [5, 5.41) is 10.8. The van der Waals surface area contributed by atoms with Gasteiger partial charge in [-0.15, -0.1) is 35.4 Å². The number of aryl methyl sites for hydroxylation is 1. The van der Waals surface area contributed by atoms with Crippen LogP contribution in [-0.2, 0) is 0 Å². The minimum absolute atomic E-state index is 0.334. The Morgan fingerprint density at radius 3 is 3.05 bits per heavy atom. The molecule has 0 saturated carbocycles. The quantitative estimate of drug-likeness (QED) is 0.397. The van der Waals surface area contributed by atoms with E-state index in [9.17, 15) is 4.79 Å². The molecule has 98 valence electrons. The molecule has 2 aromatic heterocycles. The lowest BCUT2D eigenvalue weighted by Gasteiger charge is -2.01. The molecule has 0 fully saturated rings. The first-order valence-corrected chi connectivity index (χ1v) is 7.49. The maximum atomic E-state index is 11.1. The number of hydrogen-bond acceptors (Lipinski definition) is 5. The molecule has 1 N–H and O–H groups in total. The minimum Gasteiger partial charge on any atom is -0.477 e. The third-order valence-corrected chi connectivity index (χ3v) is 4.85. The van der Waals surface area contributed by atoms with Gasteiger partial charge in [-0.25, -0.2) is 14.8 Å². The topological polar surface area (TPSA) is 63.1 Å². The van der Waals surface area contributed by atoms with Crippen molar-refractivity contribution in [3.63, 3.8) is 0 Å². The summed E-state index contributed by atoms with van der Waals surface area (Å²) in [7, 11) is 0. The van der Waals surface area contributed by atoms with Crippen LogP contribution < -0.4 is 0 Å². The van der Waals surface area contributed by atoms with Gasteiger partial charge in [0.05, 0.1) is 0 Å². The van der Waals surface area contributed by atoms with Crippen molar-refractivity contribution < 1.29 is 9.90 Å². The highest BCUT2D eigenvalue weighted by atomic mass is 32.2. The van der Waals surface area contributed by atoms with Crippen LogP contribution in [0.2, 0.25) is 0 Å². The highest BCUT2D eigenvalue weighted by molar-refractivity contribution is 7.99. The summed E-state index contributed by atoms with van der Waals surface area (Å²) in [4.78, 5) is 20.6. The van der Waals surface area contributed by atoms with E-state index in [0.717, 1.165) is 39.4 Å². The Labute approximate surface area is 119 Å². The van der Waals surface area contributed by atoms with Crippen LogP contribution in [0.3, 0.4) is 0 Å². The number of unbranched alkanes of at least 4 members (excludes halogenated alkanes) is 1. The summed E-state index contributed by atoms with van der Waals surface area (Å²) >= 11 is 2.79. The van der Waals surface area contributed by atoms with Gasteiger partial charge in [0.15, 0.2) is 0 Å². The standard InChI is InChI=1S/C13H12N2O2S2/c1-3-4-5-6-18-11-9-8(2)10(13(16)17)19-12(9)15-7-14-11/h1,7H,4-6H2,2H3,(H,16,17). The molecule has 0 atom stereocenters. The maximum absolute atomic E-state index is 11.1. The molecule has 4 nitrogen and oxygen atoms in total. The molecule has 0 saturated heterocycles. The van der Waals surface area contributed by atoms with Gasteiger partial charge in [0, 0.05) is 17.6 Å². The van der Waals surface area contributed by atoms with Crippen LogP contribution >= 0.6 is 23.1 Å². The Kier molecular flexibility index (Phi) is 4.40. The zero-order chi connectivity index (χ0) is 13.8. The number of rotatable bonds is 5. The van der Waals surface area contributed by atoms with Gasteiger partial charge in [-0.3, -0.25) is 0 Å². The van der Waals surface area contributed by atoms with Gasteiger partial charge in [0.1, 0.15) is 21.1 Å². The normalized spacial score (nSPS) is 10.5. The number of hydrogen-bond donors (Lipinski definition) is 1. The van der Waals surface area contributed by atoms with Crippen LogP contribution in [0, 0.1) is 19.3 Å². The van der Waals surface area contributed by atoms with Crippen LogP contribution in [0.15, 0.2) is 11.4 Å². The molecule has 2 aromatic rings. The van der Waals surface area contributed by atoms with E-state index in [2.05, 4.69) is 15.9 Å². The third kappa shape index (κ3) is 2.88. The molecule has 2 heterocycles. The molecule has 0 amide bonds. The summed E-state index contributed by atoms with van der Waals surface area (Å²) in [6.07, 6.45) is 8.35. The van der Waals surface area contributed by atoms with Crippen molar-refractivity contribution in [2.75, 3.05) is 5.75 Å². The summed E-state index contributed by atoms with van der Waals surface area (Å²) in [6.45, 7) is 1.80. The number of nitrogens with zero attached hydrogens (tertiary/aromatic N) is 2. The van der Waals surface area contributed by atoms with Crippen molar-refractivity contribution >= 4 is 39.3 Å². The van der Waals surface area contributed by atoms with Crippen LogP contribution in [0.5, 0.6) is 0 Å². The fourth-order valence-corrected chi connectivity index (χ4v) is 3.75. The molecule has 2 rings (SSSR count). The van der Waals surface area contributed by atoms with E-state index in [1.807, 2.05) is 0 Å². The Bertz CT molecular complexity index is 658. The summed E-state index contributed by atoms with van der Waals surface area (Å²) in [6, 6.07) is 0. The number of thiophene rings is 1. The van der Waals surface area contributed by atoms with Crippen LogP contribution in [0.4, 0.5) is 0 Å². The molecule has 0 aliphatic carbocycles. The van der Waals surface area contributed by atoms with E-state index in [4.69, 9.17) is 11.5 Å². The molecule has 6 heteroatoms. The second-order valence-corrected chi connectivity index (χ2v) is 5.96. The molecule has 0 bridgehead atoms. The zero-order valence-electron chi connectivity index (χ0n) is 10.3. The summed E-state index contributed by atoms with van der Waals surface area (Å²) < 4.78 is 0. The molecule has 0 unspecified atom stereocenters. The van der Waals surface area contributed by atoms with Crippen molar-refractivity contribution in [1.29, 1.82) is 0 Å². The molecule has 19 heavy (non-hydrogen) atoms. The zero-order valence-corrected chi connectivity index (χ0v) is 12.0. The van der Waals surface area contributed by atoms with E-state index in [1.54, 1.807) is 18.7 Å². The first-order valence-electron chi connectivity index (χ1n) is 5.68. The molecule has 0 radical (unpaired) electrons. The van der Waals surface area contributed by atoms with Gasteiger partial charge in [-0.05, 0) is 18.9 Å². The predicted molar refractivity (Wildman–Crippen MR) is 77.9 cm³/mol. The highest BCUT2D eigenvalue weighted by Crippen LogP contribution is 2.35. The van der Waals surface area contributed by atoms with Gasteiger partial charge >= 0.3 is 5.97 Å². The fraction of sp³-hybridized carbons (Fsp3) is 0.308. The number of carbonyl (C=O) groups is 1. The Morgan fingerprint density at radius 2 is 2.37 bits per heavy atom. The second-order valence-electron chi connectivity index (χ2n) is 3.88. The lowest BCUT2D eigenvalue weighted by Crippen LogP contribution is -1.94. The number of thioether (sulfide) groups is 1. The molecule has 0 aliphatic heterocycles. The molecule has 0 aliphatic rings. The maximum Gasteiger partial charge on any atom is 0.346 e. The van der Waals surface area contributed by atoms with Gasteiger partial charge in [-0.2, -0.15) is 0 Å². The average molecular weight is 292 g/mol. The SMILES string of the molecule is C#CCCCSc1ncnc2sc(C(=O)O)c(C)c12. The van der Waals surface area contributed by atoms with E-state index in [1.165, 1.54) is 17.7 Å². The number of carboxylic acids is 1. The van der Waals surface area contributed by atoms with Crippen LogP contribution in [0.1, 0.15) is 28.1 Å². The Morgan fingerprint density at radius 1 is 1.58 bits per heavy atom. The number of aromatic nitrogens is 2. The summed E-state index contributed by atoms with van der Waals surface area (Å²) in [5.41, 5.74) is 0.743. The van der Waals surface area contributed by atoms with E-state index >= 15 is 0 Å². The van der Waals surface area contributed by atoms with Crippen molar-refractivity contribution in [2.24, 2.45) is 0 Å². The largest absolute Gasteiger partial charge is 0.477 e. The van der Waals surface area contributed by atoms with Gasteiger partial charge in [0.25, 0.3) is 0 Å². The van der Waals surface area contributed by atoms with Gasteiger partial charge < -0.3 is 5.11 Å². The lowest BCUT2D eigenvalue weighted by atomic mass is 10.2. The van der Waals surface area contributed by atoms with E-state index in [0.29, 0.717) is 4.88 Å². The molecular formula is C13H12N2O2S2. The lowest BCUT2D eigenvalue weighted by molar-refractivity contribution is 0.0701. The fourth-order valence-electron chi connectivity index (χ4n) is 1.70. The first kappa shape index (κ1) is 13.8. The van der Waals surface area contributed by atoms with Crippen molar-refractivity contribution in [3.05, 3.63) is 16.8 Å². The average Bonchev–Trinajstić information content (AvgIpc) is 2.73. The molecular weight excluding hydrogens is 280 g/mol. The van der Waals surface area contributed by atoms with E-state index in [-0.39, 0.29) is 0 Å². The number of aromatic carboxylic acids is 1. The molecule has 0 aromatic carbocycles. The smallest absolute Gasteiger partial charge is 0.346 e. The van der Waals surface area contributed by atoms with E-state index < -0.39 is 5.97 Å². The highest BCUT2D eigenvalue weighted by Gasteiger charge is 2.18. The van der Waals surface area contributed by atoms with Crippen molar-refractivity contribution in [3.8, 4) is 12.3 Å². The monoisotopic (exact) mass is 292 g/mol. The van der Waals surface area contributed by atoms with Crippen LogP contribution in [0.25, 0.3) is 10.2 Å². The number of terminal acetylenes is 1. The van der Waals surface area contributed by atoms with Gasteiger partial charge in [0.2, 0.25) is 0 Å². The third-order valence-electron chi connectivity index (χ3n) is 2.59. The van der Waals surface area contributed by atoms with Crippen LogP contribution in [-0.4, -0.2) is 26.8 Å². The first-order chi connectivity index (χ1) is 9.15. The minimum atomic E-state index is -0.913. The predicted octanol–water partition coefficient (Wildman–Crippen LogP) is 3.20. The summed E-state index contributed by atoms with van der Waals surface area (Å²) in [5.74, 6) is 2.56. The number of carboxylic acid groups (broad SMARTS) is 1. The Hall–Kier alpha value is -1.58. The number of fused-ring (bicyclic) bond motifs is 1. The van der Waals surface area contributed by atoms with Crippen molar-refractivity contribution in [1.82, 2.24) is 9.97 Å². The molecule has 0 spiro atoms.